The number of hydrogen-bond donors (Lipinski definition) is 0. The Morgan fingerprint density at radius 2 is 1.06 bits per heavy atom. The van der Waals surface area contributed by atoms with Gasteiger partial charge in [0.1, 0.15) is 0 Å². The van der Waals surface area contributed by atoms with Crippen molar-refractivity contribution >= 4 is 23.2 Å². The number of rotatable bonds is 2. The molecule has 2 aromatic carbocycles. The van der Waals surface area contributed by atoms with E-state index in [1.54, 1.807) is 0 Å². The van der Waals surface area contributed by atoms with Crippen LogP contribution in [0.4, 0.5) is 0 Å². The first-order chi connectivity index (χ1) is 8.22. The highest BCUT2D eigenvalue weighted by Crippen LogP contribution is 2.26. The molecule has 0 spiro atoms. The van der Waals surface area contributed by atoms with Gasteiger partial charge in [-0.2, -0.15) is 0 Å². The first-order valence-electron chi connectivity index (χ1n) is 5.55. The van der Waals surface area contributed by atoms with Crippen LogP contribution in [0.3, 0.4) is 0 Å². The average Bonchev–Trinajstić information content (AvgIpc) is 2.41. The fraction of sp³-hybridized carbons (Fsp3) is 0.200. The number of hydrogen-bond acceptors (Lipinski definition) is 0. The third-order valence-corrected chi connectivity index (χ3v) is 3.20. The summed E-state index contributed by atoms with van der Waals surface area (Å²) in [5.74, 6) is 0. The summed E-state index contributed by atoms with van der Waals surface area (Å²) < 4.78 is 0. The molecular weight excluding hydrogens is 251 g/mol. The minimum atomic E-state index is -0.0853. The van der Waals surface area contributed by atoms with Crippen LogP contribution in [0.2, 0.25) is 0 Å². The van der Waals surface area contributed by atoms with Crippen molar-refractivity contribution in [3.8, 4) is 0 Å². The van der Waals surface area contributed by atoms with Crippen molar-refractivity contribution in [1.82, 2.24) is 0 Å². The lowest BCUT2D eigenvalue weighted by atomic mass is 10.1. The van der Waals surface area contributed by atoms with Gasteiger partial charge in [0.15, 0.2) is 0 Å². The van der Waals surface area contributed by atoms with E-state index in [-0.39, 0.29) is 10.8 Å². The van der Waals surface area contributed by atoms with Crippen LogP contribution in [0, 0.1) is 0 Å². The van der Waals surface area contributed by atoms with E-state index in [0.29, 0.717) is 0 Å². The Morgan fingerprint density at radius 1 is 0.706 bits per heavy atom. The largest absolute Gasteiger partial charge is 0.121 e. The summed E-state index contributed by atoms with van der Waals surface area (Å²) in [4.78, 5) is 0. The van der Waals surface area contributed by atoms with Gasteiger partial charge in [-0.25, -0.2) is 0 Å². The van der Waals surface area contributed by atoms with E-state index in [9.17, 15) is 0 Å². The molecule has 0 N–H and O–H groups in total. The van der Waals surface area contributed by atoms with E-state index < -0.39 is 0 Å². The van der Waals surface area contributed by atoms with Crippen LogP contribution in [0.25, 0.3) is 0 Å². The monoisotopic (exact) mass is 266 g/mol. The zero-order chi connectivity index (χ0) is 12.5. The Kier molecular flexibility index (Phi) is 6.76. The second kappa shape index (κ2) is 8.16. The Morgan fingerprint density at radius 3 is 1.41 bits per heavy atom. The molecule has 0 saturated carbocycles. The predicted molar refractivity (Wildman–Crippen MR) is 76.8 cm³/mol. The van der Waals surface area contributed by atoms with E-state index in [1.165, 1.54) is 0 Å². The fourth-order valence-electron chi connectivity index (χ4n) is 1.29. The van der Waals surface area contributed by atoms with Crippen molar-refractivity contribution in [2.75, 3.05) is 0 Å². The topological polar surface area (TPSA) is 0 Å². The molecule has 2 atom stereocenters. The maximum atomic E-state index is 6.01. The van der Waals surface area contributed by atoms with Crippen LogP contribution >= 0.6 is 23.2 Å². The molecule has 0 amide bonds. The summed E-state index contributed by atoms with van der Waals surface area (Å²) in [5.41, 5.74) is 1.08. The highest BCUT2D eigenvalue weighted by atomic mass is 35.5. The van der Waals surface area contributed by atoms with Crippen molar-refractivity contribution < 1.29 is 0 Å². The molecule has 17 heavy (non-hydrogen) atoms. The van der Waals surface area contributed by atoms with Crippen LogP contribution < -0.4 is 0 Å². The lowest BCUT2D eigenvalue weighted by Crippen LogP contribution is -2.01. The van der Waals surface area contributed by atoms with Gasteiger partial charge in [0, 0.05) is 0 Å². The summed E-state index contributed by atoms with van der Waals surface area (Å²) in [6.45, 7) is 1.90. The molecule has 0 aliphatic heterocycles. The second-order valence-electron chi connectivity index (χ2n) is 3.64. The molecule has 0 nitrogen and oxygen atoms in total. The van der Waals surface area contributed by atoms with Crippen molar-refractivity contribution in [3.63, 3.8) is 0 Å². The van der Waals surface area contributed by atoms with Gasteiger partial charge in [-0.05, 0) is 12.5 Å². The molecule has 0 aliphatic carbocycles. The van der Waals surface area contributed by atoms with Crippen LogP contribution in [0.5, 0.6) is 0 Å². The zero-order valence-electron chi connectivity index (χ0n) is 9.76. The molecular formula is C15H16Cl2. The van der Waals surface area contributed by atoms with Crippen LogP contribution in [0.1, 0.15) is 17.9 Å². The molecule has 0 aliphatic rings. The smallest absolute Gasteiger partial charge is 0.0746 e. The lowest BCUT2D eigenvalue weighted by molar-refractivity contribution is 0.893. The molecule has 0 radical (unpaired) electrons. The third-order valence-electron chi connectivity index (χ3n) is 2.19. The average molecular weight is 267 g/mol. The van der Waals surface area contributed by atoms with Gasteiger partial charge in [0.25, 0.3) is 0 Å². The van der Waals surface area contributed by atoms with Gasteiger partial charge < -0.3 is 0 Å². The SMILES string of the molecule is CC(Cl)[C@H](Cl)c1ccccc1.c1ccccc1. The molecule has 0 fully saturated rings. The third kappa shape index (κ3) is 5.76. The predicted octanol–water partition coefficient (Wildman–Crippen LogP) is 5.28. The van der Waals surface area contributed by atoms with E-state index in [4.69, 9.17) is 23.2 Å². The van der Waals surface area contributed by atoms with Crippen LogP contribution in [-0.4, -0.2) is 5.38 Å². The van der Waals surface area contributed by atoms with E-state index in [1.807, 2.05) is 73.7 Å². The summed E-state index contributed by atoms with van der Waals surface area (Å²) in [6.07, 6.45) is 0. The molecule has 2 aromatic rings. The highest BCUT2D eigenvalue weighted by Gasteiger charge is 2.12. The van der Waals surface area contributed by atoms with Crippen molar-refractivity contribution in [2.24, 2.45) is 0 Å². The summed E-state index contributed by atoms with van der Waals surface area (Å²) in [5, 5.41) is -0.114. The normalized spacial score (nSPS) is 13.1. The maximum absolute atomic E-state index is 6.01. The molecule has 0 heterocycles. The zero-order valence-corrected chi connectivity index (χ0v) is 11.3. The highest BCUT2D eigenvalue weighted by molar-refractivity contribution is 6.29. The van der Waals surface area contributed by atoms with Gasteiger partial charge in [0.05, 0.1) is 10.8 Å². The van der Waals surface area contributed by atoms with Crippen LogP contribution in [-0.2, 0) is 0 Å². The van der Waals surface area contributed by atoms with E-state index >= 15 is 0 Å². The lowest BCUT2D eigenvalue weighted by Gasteiger charge is -2.10. The molecule has 0 bridgehead atoms. The van der Waals surface area contributed by atoms with Crippen molar-refractivity contribution in [2.45, 2.75) is 17.7 Å². The molecule has 2 heteroatoms. The molecule has 0 saturated heterocycles. The van der Waals surface area contributed by atoms with Gasteiger partial charge >= 0.3 is 0 Å². The van der Waals surface area contributed by atoms with Crippen LogP contribution in [0.15, 0.2) is 66.7 Å². The number of alkyl halides is 2. The Balaban J connectivity index is 0.000000202. The first kappa shape index (κ1) is 14.1. The Labute approximate surface area is 113 Å². The van der Waals surface area contributed by atoms with Crippen molar-refractivity contribution in [3.05, 3.63) is 72.3 Å². The van der Waals surface area contributed by atoms with Gasteiger partial charge in [-0.1, -0.05) is 66.7 Å². The first-order valence-corrected chi connectivity index (χ1v) is 6.42. The fourth-order valence-corrected chi connectivity index (χ4v) is 1.58. The van der Waals surface area contributed by atoms with Gasteiger partial charge in [-0.3, -0.25) is 0 Å². The minimum absolute atomic E-state index is 0.0286. The van der Waals surface area contributed by atoms with Gasteiger partial charge in [-0.15, -0.1) is 23.2 Å². The van der Waals surface area contributed by atoms with Gasteiger partial charge in [0.2, 0.25) is 0 Å². The molecule has 0 aromatic heterocycles. The summed E-state index contributed by atoms with van der Waals surface area (Å²) in [7, 11) is 0. The van der Waals surface area contributed by atoms with Crippen molar-refractivity contribution in [1.29, 1.82) is 0 Å². The van der Waals surface area contributed by atoms with E-state index in [0.717, 1.165) is 5.56 Å². The number of halogens is 2. The summed E-state index contributed by atoms with van der Waals surface area (Å²) in [6, 6.07) is 21.9. The standard InChI is InChI=1S/C9H10Cl2.C6H6/c1-7(10)9(11)8-5-3-2-4-6-8;1-2-4-6-5-3-1/h2-7,9H,1H3;1-6H/t7?,9-;/m0./s1. The Bertz CT molecular complexity index is 357. The quantitative estimate of drug-likeness (QED) is 0.649. The molecule has 1 unspecified atom stereocenters. The molecule has 2 rings (SSSR count). The molecule has 90 valence electrons. The maximum Gasteiger partial charge on any atom is 0.0746 e. The Hall–Kier alpha value is -0.980. The van der Waals surface area contributed by atoms with E-state index in [2.05, 4.69) is 0 Å². The minimum Gasteiger partial charge on any atom is -0.121 e. The number of benzene rings is 2. The summed E-state index contributed by atoms with van der Waals surface area (Å²) >= 11 is 11.8. The second-order valence-corrected chi connectivity index (χ2v) is 4.80.